The Labute approximate surface area is 77.8 Å². The Morgan fingerprint density at radius 1 is 1.46 bits per heavy atom. The molecule has 74 valence electrons. The summed E-state index contributed by atoms with van der Waals surface area (Å²) in [5, 5.41) is 8.68. The smallest absolute Gasteiger partial charge is 0.332 e. The van der Waals surface area contributed by atoms with Gasteiger partial charge in [0.1, 0.15) is 5.78 Å². The van der Waals surface area contributed by atoms with Crippen LogP contribution in [0, 0.1) is 0 Å². The number of hydrogen-bond donors (Lipinski definition) is 1. The average Bonchev–Trinajstić information content (AvgIpc) is 1.97. The summed E-state index contributed by atoms with van der Waals surface area (Å²) in [5.41, 5.74) is 0.0557. The van der Waals surface area contributed by atoms with E-state index in [9.17, 15) is 9.59 Å². The fourth-order valence-corrected chi connectivity index (χ4v) is 1.03. The molecular weight excluding hydrogens is 170 g/mol. The second kappa shape index (κ2) is 4.77. The molecule has 0 radical (unpaired) electrons. The van der Waals surface area contributed by atoms with Crippen molar-refractivity contribution in [2.75, 3.05) is 14.1 Å². The lowest BCUT2D eigenvalue weighted by Crippen LogP contribution is -2.34. The molecule has 0 aliphatic heterocycles. The SMILES string of the molecule is C=C(C(=O)O)C(CC(C)=O)N(C)C. The number of carboxylic acid groups (broad SMARTS) is 1. The summed E-state index contributed by atoms with van der Waals surface area (Å²) in [6.45, 7) is 4.87. The van der Waals surface area contributed by atoms with Crippen LogP contribution in [0.5, 0.6) is 0 Å². The summed E-state index contributed by atoms with van der Waals surface area (Å²) in [6, 6.07) is -0.407. The van der Waals surface area contributed by atoms with Gasteiger partial charge in [-0.15, -0.1) is 0 Å². The topological polar surface area (TPSA) is 57.6 Å². The summed E-state index contributed by atoms with van der Waals surface area (Å²) in [7, 11) is 3.45. The number of carbonyl (C=O) groups is 2. The first-order chi connectivity index (χ1) is 5.86. The van der Waals surface area contributed by atoms with Crippen LogP contribution in [0.15, 0.2) is 12.2 Å². The number of ketones is 1. The molecule has 13 heavy (non-hydrogen) atoms. The molecule has 0 fully saturated rings. The lowest BCUT2D eigenvalue weighted by molar-refractivity contribution is -0.133. The molecule has 1 N–H and O–H groups in total. The number of likely N-dealkylation sites (N-methyl/N-ethyl adjacent to an activating group) is 1. The normalized spacial score (nSPS) is 12.6. The van der Waals surface area contributed by atoms with Crippen LogP contribution in [0.3, 0.4) is 0 Å². The zero-order valence-electron chi connectivity index (χ0n) is 8.20. The molecule has 0 aromatic rings. The molecule has 0 aromatic carbocycles. The van der Waals surface area contributed by atoms with E-state index in [0.29, 0.717) is 0 Å². The predicted molar refractivity (Wildman–Crippen MR) is 49.5 cm³/mol. The highest BCUT2D eigenvalue weighted by Gasteiger charge is 2.21. The van der Waals surface area contributed by atoms with Gasteiger partial charge in [-0.3, -0.25) is 4.79 Å². The largest absolute Gasteiger partial charge is 0.478 e. The standard InChI is InChI=1S/C9H15NO3/c1-6(11)5-8(10(3)4)7(2)9(12)13/h8H,2,5H2,1,3-4H3,(H,12,13). The van der Waals surface area contributed by atoms with Crippen LogP contribution in [0.1, 0.15) is 13.3 Å². The molecule has 0 rings (SSSR count). The van der Waals surface area contributed by atoms with Gasteiger partial charge in [-0.05, 0) is 21.0 Å². The monoisotopic (exact) mass is 185 g/mol. The molecule has 0 bridgehead atoms. The van der Waals surface area contributed by atoms with Crippen LogP contribution in [0.4, 0.5) is 0 Å². The lowest BCUT2D eigenvalue weighted by Gasteiger charge is -2.22. The van der Waals surface area contributed by atoms with Gasteiger partial charge in [-0.2, -0.15) is 0 Å². The third-order valence-electron chi connectivity index (χ3n) is 1.78. The van der Waals surface area contributed by atoms with Crippen molar-refractivity contribution in [1.82, 2.24) is 4.90 Å². The fourth-order valence-electron chi connectivity index (χ4n) is 1.03. The van der Waals surface area contributed by atoms with Gasteiger partial charge in [0.2, 0.25) is 0 Å². The van der Waals surface area contributed by atoms with Crippen LogP contribution in [0.2, 0.25) is 0 Å². The van der Waals surface area contributed by atoms with E-state index < -0.39 is 12.0 Å². The first kappa shape index (κ1) is 11.8. The highest BCUT2D eigenvalue weighted by molar-refractivity contribution is 5.89. The van der Waals surface area contributed by atoms with Crippen LogP contribution in [0.25, 0.3) is 0 Å². The van der Waals surface area contributed by atoms with Crippen molar-refractivity contribution in [2.24, 2.45) is 0 Å². The minimum Gasteiger partial charge on any atom is -0.478 e. The molecule has 4 heteroatoms. The Morgan fingerprint density at radius 3 is 2.15 bits per heavy atom. The van der Waals surface area contributed by atoms with Crippen LogP contribution in [-0.4, -0.2) is 41.9 Å². The Balaban J connectivity index is 4.51. The predicted octanol–water partition coefficient (Wildman–Crippen LogP) is 0.536. The fraction of sp³-hybridized carbons (Fsp3) is 0.556. The molecule has 0 aliphatic rings. The van der Waals surface area contributed by atoms with E-state index in [0.717, 1.165) is 0 Å². The van der Waals surface area contributed by atoms with Gasteiger partial charge < -0.3 is 10.0 Å². The van der Waals surface area contributed by atoms with Crippen LogP contribution < -0.4 is 0 Å². The summed E-state index contributed by atoms with van der Waals surface area (Å²) < 4.78 is 0. The highest BCUT2D eigenvalue weighted by atomic mass is 16.4. The van der Waals surface area contributed by atoms with Crippen molar-refractivity contribution in [2.45, 2.75) is 19.4 Å². The number of hydrogen-bond acceptors (Lipinski definition) is 3. The molecule has 0 aliphatic carbocycles. The van der Waals surface area contributed by atoms with Gasteiger partial charge in [0, 0.05) is 18.0 Å². The van der Waals surface area contributed by atoms with Crippen molar-refractivity contribution < 1.29 is 14.7 Å². The van der Waals surface area contributed by atoms with Gasteiger partial charge in [0.15, 0.2) is 0 Å². The van der Waals surface area contributed by atoms with Gasteiger partial charge in [0.05, 0.1) is 0 Å². The molecule has 1 atom stereocenters. The molecule has 4 nitrogen and oxygen atoms in total. The van der Waals surface area contributed by atoms with E-state index in [-0.39, 0.29) is 17.8 Å². The third-order valence-corrected chi connectivity index (χ3v) is 1.78. The quantitative estimate of drug-likeness (QED) is 0.635. The molecule has 1 unspecified atom stereocenters. The average molecular weight is 185 g/mol. The highest BCUT2D eigenvalue weighted by Crippen LogP contribution is 2.10. The van der Waals surface area contributed by atoms with E-state index >= 15 is 0 Å². The third kappa shape index (κ3) is 3.85. The summed E-state index contributed by atoms with van der Waals surface area (Å²) >= 11 is 0. The van der Waals surface area contributed by atoms with E-state index in [1.807, 2.05) is 0 Å². The first-order valence-electron chi connectivity index (χ1n) is 3.94. The zero-order valence-corrected chi connectivity index (χ0v) is 8.20. The van der Waals surface area contributed by atoms with Crippen molar-refractivity contribution in [3.05, 3.63) is 12.2 Å². The molecular formula is C9H15NO3. The second-order valence-electron chi connectivity index (χ2n) is 3.22. The Bertz CT molecular complexity index is 233. The molecule has 0 saturated heterocycles. The molecule has 0 amide bonds. The van der Waals surface area contributed by atoms with Gasteiger partial charge >= 0.3 is 5.97 Å². The van der Waals surface area contributed by atoms with E-state index in [1.54, 1.807) is 19.0 Å². The van der Waals surface area contributed by atoms with Gasteiger partial charge in [-0.25, -0.2) is 4.79 Å². The van der Waals surface area contributed by atoms with Gasteiger partial charge in [0.25, 0.3) is 0 Å². The maximum Gasteiger partial charge on any atom is 0.332 e. The Morgan fingerprint density at radius 2 is 1.92 bits per heavy atom. The lowest BCUT2D eigenvalue weighted by atomic mass is 10.0. The van der Waals surface area contributed by atoms with Gasteiger partial charge in [-0.1, -0.05) is 6.58 Å². The Hall–Kier alpha value is -1.16. The van der Waals surface area contributed by atoms with Crippen molar-refractivity contribution >= 4 is 11.8 Å². The van der Waals surface area contributed by atoms with E-state index in [1.165, 1.54) is 6.92 Å². The zero-order chi connectivity index (χ0) is 10.6. The van der Waals surface area contributed by atoms with Crippen molar-refractivity contribution in [3.63, 3.8) is 0 Å². The van der Waals surface area contributed by atoms with Crippen molar-refractivity contribution in [3.8, 4) is 0 Å². The molecule has 0 heterocycles. The maximum atomic E-state index is 10.8. The maximum absolute atomic E-state index is 10.8. The summed E-state index contributed by atoms with van der Waals surface area (Å²) in [5.74, 6) is -1.10. The number of aliphatic carboxylic acids is 1. The van der Waals surface area contributed by atoms with Crippen molar-refractivity contribution in [1.29, 1.82) is 0 Å². The number of nitrogens with zero attached hydrogens (tertiary/aromatic N) is 1. The first-order valence-corrected chi connectivity index (χ1v) is 3.94. The molecule has 0 spiro atoms. The second-order valence-corrected chi connectivity index (χ2v) is 3.22. The minimum atomic E-state index is -1.06. The molecule has 0 aromatic heterocycles. The summed E-state index contributed by atoms with van der Waals surface area (Å²) in [4.78, 5) is 23.1. The number of carbonyl (C=O) groups excluding carboxylic acids is 1. The Kier molecular flexibility index (Phi) is 4.34. The van der Waals surface area contributed by atoms with Crippen LogP contribution in [-0.2, 0) is 9.59 Å². The number of carboxylic acids is 1. The molecule has 0 saturated carbocycles. The number of rotatable bonds is 5. The van der Waals surface area contributed by atoms with E-state index in [2.05, 4.69) is 6.58 Å². The number of Topliss-reactive ketones (excluding diaryl/α,β-unsaturated/α-hetero) is 1. The van der Waals surface area contributed by atoms with E-state index in [4.69, 9.17) is 5.11 Å². The minimum absolute atomic E-state index is 0.0406. The summed E-state index contributed by atoms with van der Waals surface area (Å²) in [6.07, 6.45) is 0.193. The van der Waals surface area contributed by atoms with Crippen LogP contribution >= 0.6 is 0 Å².